The smallest absolute Gasteiger partial charge is 0.0635 e. The van der Waals surface area contributed by atoms with Crippen molar-refractivity contribution >= 4 is 15.9 Å². The Morgan fingerprint density at radius 3 is 2.47 bits per heavy atom. The van der Waals surface area contributed by atoms with Crippen molar-refractivity contribution < 1.29 is 5.11 Å². The normalized spacial score (nSPS) is 12.4. The number of hydrogen-bond donors (Lipinski definition) is 1. The Balaban J connectivity index is 1.93. The highest BCUT2D eigenvalue weighted by molar-refractivity contribution is 9.10. The molecule has 0 spiro atoms. The molecular weight excluding hydrogens is 278 g/mol. The Kier molecular flexibility index (Phi) is 4.29. The molecule has 1 N–H and O–H groups in total. The highest BCUT2D eigenvalue weighted by atomic mass is 79.9. The summed E-state index contributed by atoms with van der Waals surface area (Å²) >= 11 is 3.39. The third kappa shape index (κ3) is 3.95. The average Bonchev–Trinajstić information content (AvgIpc) is 2.33. The van der Waals surface area contributed by atoms with Gasteiger partial charge in [-0.2, -0.15) is 0 Å². The van der Waals surface area contributed by atoms with Crippen molar-refractivity contribution in [3.05, 3.63) is 64.4 Å². The van der Waals surface area contributed by atoms with Gasteiger partial charge in [-0.3, -0.25) is 4.98 Å². The standard InChI is InChI=1S/C14H14BrNO/c15-12-6-4-11(5-7-12)9-14(17)10-13-3-1-2-8-16-13/h1-8,14,17H,9-10H2. The molecule has 2 aromatic rings. The summed E-state index contributed by atoms with van der Waals surface area (Å²) in [5, 5.41) is 9.97. The van der Waals surface area contributed by atoms with Crippen LogP contribution in [-0.2, 0) is 12.8 Å². The summed E-state index contributed by atoms with van der Waals surface area (Å²) in [5.41, 5.74) is 2.06. The van der Waals surface area contributed by atoms with Crippen molar-refractivity contribution in [1.29, 1.82) is 0 Å². The third-order valence-electron chi connectivity index (χ3n) is 2.56. The zero-order valence-electron chi connectivity index (χ0n) is 9.38. The lowest BCUT2D eigenvalue weighted by Gasteiger charge is -2.10. The molecule has 17 heavy (non-hydrogen) atoms. The van der Waals surface area contributed by atoms with Gasteiger partial charge in [0.05, 0.1) is 6.10 Å². The van der Waals surface area contributed by atoms with Crippen molar-refractivity contribution in [3.63, 3.8) is 0 Å². The monoisotopic (exact) mass is 291 g/mol. The van der Waals surface area contributed by atoms with Crippen LogP contribution in [0.4, 0.5) is 0 Å². The molecule has 2 nitrogen and oxygen atoms in total. The first-order valence-electron chi connectivity index (χ1n) is 5.56. The number of rotatable bonds is 4. The van der Waals surface area contributed by atoms with Crippen molar-refractivity contribution in [1.82, 2.24) is 4.98 Å². The maximum Gasteiger partial charge on any atom is 0.0635 e. The van der Waals surface area contributed by atoms with E-state index in [1.807, 2.05) is 42.5 Å². The highest BCUT2D eigenvalue weighted by Crippen LogP contribution is 2.13. The molecule has 1 unspecified atom stereocenters. The zero-order chi connectivity index (χ0) is 12.1. The lowest BCUT2D eigenvalue weighted by Crippen LogP contribution is -2.14. The van der Waals surface area contributed by atoms with Crippen molar-refractivity contribution in [2.75, 3.05) is 0 Å². The van der Waals surface area contributed by atoms with Gasteiger partial charge in [-0.25, -0.2) is 0 Å². The lowest BCUT2D eigenvalue weighted by molar-refractivity contribution is 0.174. The molecule has 0 fully saturated rings. The van der Waals surface area contributed by atoms with Gasteiger partial charge in [0.2, 0.25) is 0 Å². The largest absolute Gasteiger partial charge is 0.392 e. The van der Waals surface area contributed by atoms with E-state index in [1.54, 1.807) is 6.20 Å². The molecule has 2 rings (SSSR count). The van der Waals surface area contributed by atoms with Gasteiger partial charge in [0.25, 0.3) is 0 Å². The second kappa shape index (κ2) is 5.94. The van der Waals surface area contributed by atoms with E-state index in [9.17, 15) is 5.11 Å². The maximum absolute atomic E-state index is 9.97. The summed E-state index contributed by atoms with van der Waals surface area (Å²) in [7, 11) is 0. The number of halogens is 1. The first kappa shape index (κ1) is 12.3. The predicted molar refractivity (Wildman–Crippen MR) is 71.8 cm³/mol. The Hall–Kier alpha value is -1.19. The molecule has 0 amide bonds. The fraction of sp³-hybridized carbons (Fsp3) is 0.214. The molecule has 0 aliphatic heterocycles. The number of aromatic nitrogens is 1. The molecule has 1 atom stereocenters. The van der Waals surface area contributed by atoms with Gasteiger partial charge in [0.1, 0.15) is 0 Å². The van der Waals surface area contributed by atoms with E-state index >= 15 is 0 Å². The van der Waals surface area contributed by atoms with Gasteiger partial charge in [-0.15, -0.1) is 0 Å². The number of nitrogens with zero attached hydrogens (tertiary/aromatic N) is 1. The van der Waals surface area contributed by atoms with Crippen LogP contribution in [0.25, 0.3) is 0 Å². The Bertz CT molecular complexity index is 455. The zero-order valence-corrected chi connectivity index (χ0v) is 11.0. The first-order chi connectivity index (χ1) is 8.24. The van der Waals surface area contributed by atoms with Crippen LogP contribution >= 0.6 is 15.9 Å². The molecule has 1 aromatic carbocycles. The topological polar surface area (TPSA) is 33.1 Å². The number of aliphatic hydroxyl groups excluding tert-OH is 1. The summed E-state index contributed by atoms with van der Waals surface area (Å²) in [4.78, 5) is 4.21. The van der Waals surface area contributed by atoms with Gasteiger partial charge in [-0.05, 0) is 36.2 Å². The fourth-order valence-electron chi connectivity index (χ4n) is 1.73. The first-order valence-corrected chi connectivity index (χ1v) is 6.36. The molecule has 1 aromatic heterocycles. The van der Waals surface area contributed by atoms with Crippen LogP contribution in [0.2, 0.25) is 0 Å². The van der Waals surface area contributed by atoms with Gasteiger partial charge >= 0.3 is 0 Å². The summed E-state index contributed by atoms with van der Waals surface area (Å²) in [6.07, 6.45) is 2.62. The number of hydrogen-bond acceptors (Lipinski definition) is 2. The van der Waals surface area contributed by atoms with E-state index in [0.29, 0.717) is 12.8 Å². The minimum Gasteiger partial charge on any atom is -0.392 e. The van der Waals surface area contributed by atoms with Gasteiger partial charge < -0.3 is 5.11 Å². The Morgan fingerprint density at radius 2 is 1.82 bits per heavy atom. The summed E-state index contributed by atoms with van der Waals surface area (Å²) in [5.74, 6) is 0. The van der Waals surface area contributed by atoms with Crippen LogP contribution in [0.3, 0.4) is 0 Å². The average molecular weight is 292 g/mol. The number of benzene rings is 1. The van der Waals surface area contributed by atoms with Crippen molar-refractivity contribution in [3.8, 4) is 0 Å². The van der Waals surface area contributed by atoms with E-state index in [4.69, 9.17) is 0 Å². The van der Waals surface area contributed by atoms with Crippen LogP contribution in [0, 0.1) is 0 Å². The van der Waals surface area contributed by atoms with Crippen LogP contribution < -0.4 is 0 Å². The fourth-order valence-corrected chi connectivity index (χ4v) is 1.99. The number of aliphatic hydroxyl groups is 1. The molecule has 0 saturated heterocycles. The molecule has 0 aliphatic carbocycles. The van der Waals surface area contributed by atoms with Crippen LogP contribution in [0.5, 0.6) is 0 Å². The maximum atomic E-state index is 9.97. The van der Waals surface area contributed by atoms with Gasteiger partial charge in [0.15, 0.2) is 0 Å². The predicted octanol–water partition coefficient (Wildman–Crippen LogP) is 2.99. The van der Waals surface area contributed by atoms with Gasteiger partial charge in [-0.1, -0.05) is 34.1 Å². The molecular formula is C14H14BrNO. The van der Waals surface area contributed by atoms with E-state index in [2.05, 4.69) is 20.9 Å². The Morgan fingerprint density at radius 1 is 1.06 bits per heavy atom. The minimum absolute atomic E-state index is 0.383. The lowest BCUT2D eigenvalue weighted by atomic mass is 10.0. The minimum atomic E-state index is -0.383. The second-order valence-electron chi connectivity index (χ2n) is 4.01. The van der Waals surface area contributed by atoms with Crippen LogP contribution in [0.1, 0.15) is 11.3 Å². The summed E-state index contributed by atoms with van der Waals surface area (Å²) in [6.45, 7) is 0. The van der Waals surface area contributed by atoms with Crippen molar-refractivity contribution in [2.45, 2.75) is 18.9 Å². The summed E-state index contributed by atoms with van der Waals surface area (Å²) < 4.78 is 1.06. The van der Waals surface area contributed by atoms with Crippen molar-refractivity contribution in [2.24, 2.45) is 0 Å². The van der Waals surface area contributed by atoms with Crippen LogP contribution in [0.15, 0.2) is 53.1 Å². The van der Waals surface area contributed by atoms with E-state index in [-0.39, 0.29) is 6.10 Å². The quantitative estimate of drug-likeness (QED) is 0.939. The molecule has 0 saturated carbocycles. The molecule has 1 heterocycles. The van der Waals surface area contributed by atoms with E-state index in [0.717, 1.165) is 15.7 Å². The molecule has 3 heteroatoms. The van der Waals surface area contributed by atoms with E-state index in [1.165, 1.54) is 0 Å². The third-order valence-corrected chi connectivity index (χ3v) is 3.08. The Labute approximate surface area is 109 Å². The second-order valence-corrected chi connectivity index (χ2v) is 4.93. The van der Waals surface area contributed by atoms with E-state index < -0.39 is 0 Å². The highest BCUT2D eigenvalue weighted by Gasteiger charge is 2.07. The number of pyridine rings is 1. The molecule has 88 valence electrons. The van der Waals surface area contributed by atoms with Gasteiger partial charge in [0, 0.05) is 22.8 Å². The summed E-state index contributed by atoms with van der Waals surface area (Å²) in [6, 6.07) is 13.8. The SMILES string of the molecule is OC(Cc1ccc(Br)cc1)Cc1ccccn1. The molecule has 0 radical (unpaired) electrons. The molecule has 0 aliphatic rings. The molecule has 0 bridgehead atoms. The van der Waals surface area contributed by atoms with Crippen LogP contribution in [-0.4, -0.2) is 16.2 Å².